The fourth-order valence-electron chi connectivity index (χ4n) is 2.43. The average Bonchev–Trinajstić information content (AvgIpc) is 2.91. The van der Waals surface area contributed by atoms with Crippen molar-refractivity contribution in [1.29, 1.82) is 0 Å². The minimum Gasteiger partial charge on any atom is -0.350 e. The Kier molecular flexibility index (Phi) is 3.73. The first-order chi connectivity index (χ1) is 10.2. The van der Waals surface area contributed by atoms with Crippen molar-refractivity contribution in [2.45, 2.75) is 13.5 Å². The second kappa shape index (κ2) is 5.83. The van der Waals surface area contributed by atoms with Gasteiger partial charge < -0.3 is 9.88 Å². The Bertz CT molecular complexity index is 756. The van der Waals surface area contributed by atoms with Gasteiger partial charge in [-0.25, -0.2) is 0 Å². The van der Waals surface area contributed by atoms with Crippen molar-refractivity contribution < 1.29 is 4.79 Å². The SMILES string of the molecule is Cc1ccc(C(=O)NCCn2ccc3ccccc32)cc1. The van der Waals surface area contributed by atoms with E-state index in [1.54, 1.807) is 0 Å². The molecule has 0 aliphatic heterocycles. The lowest BCUT2D eigenvalue weighted by Gasteiger charge is -2.08. The van der Waals surface area contributed by atoms with Gasteiger partial charge in [0.25, 0.3) is 5.91 Å². The molecule has 0 radical (unpaired) electrons. The van der Waals surface area contributed by atoms with Gasteiger partial charge in [-0.3, -0.25) is 4.79 Å². The number of fused-ring (bicyclic) bond motifs is 1. The van der Waals surface area contributed by atoms with E-state index in [0.29, 0.717) is 12.1 Å². The predicted molar refractivity (Wildman–Crippen MR) is 85.5 cm³/mol. The highest BCUT2D eigenvalue weighted by Crippen LogP contribution is 2.14. The van der Waals surface area contributed by atoms with E-state index in [1.165, 1.54) is 10.9 Å². The summed E-state index contributed by atoms with van der Waals surface area (Å²) in [7, 11) is 0. The standard InChI is InChI=1S/C18H18N2O/c1-14-6-8-16(9-7-14)18(21)19-11-13-20-12-10-15-4-2-3-5-17(15)20/h2-10,12H,11,13H2,1H3,(H,19,21). The third-order valence-corrected chi connectivity index (χ3v) is 3.63. The van der Waals surface area contributed by atoms with Crippen LogP contribution in [-0.2, 0) is 6.54 Å². The molecule has 0 saturated carbocycles. The maximum absolute atomic E-state index is 12.0. The van der Waals surface area contributed by atoms with Crippen LogP contribution in [-0.4, -0.2) is 17.0 Å². The zero-order valence-corrected chi connectivity index (χ0v) is 12.0. The number of nitrogens with zero attached hydrogens (tertiary/aromatic N) is 1. The van der Waals surface area contributed by atoms with Crippen molar-refractivity contribution >= 4 is 16.8 Å². The number of hydrogen-bond donors (Lipinski definition) is 1. The monoisotopic (exact) mass is 278 g/mol. The lowest BCUT2D eigenvalue weighted by Crippen LogP contribution is -2.27. The van der Waals surface area contributed by atoms with Crippen molar-refractivity contribution in [3.05, 3.63) is 71.9 Å². The number of hydrogen-bond acceptors (Lipinski definition) is 1. The first kappa shape index (κ1) is 13.4. The third-order valence-electron chi connectivity index (χ3n) is 3.63. The van der Waals surface area contributed by atoms with Gasteiger partial charge in [0.2, 0.25) is 0 Å². The molecule has 1 amide bonds. The Balaban J connectivity index is 1.61. The fourth-order valence-corrected chi connectivity index (χ4v) is 2.43. The second-order valence-electron chi connectivity index (χ2n) is 5.19. The number of nitrogens with one attached hydrogen (secondary N) is 1. The highest BCUT2D eigenvalue weighted by Gasteiger charge is 2.05. The summed E-state index contributed by atoms with van der Waals surface area (Å²) in [5.74, 6) is -0.0218. The van der Waals surface area contributed by atoms with Crippen molar-refractivity contribution in [1.82, 2.24) is 9.88 Å². The Morgan fingerprint density at radius 3 is 2.62 bits per heavy atom. The molecule has 106 valence electrons. The summed E-state index contributed by atoms with van der Waals surface area (Å²) in [4.78, 5) is 12.0. The Hall–Kier alpha value is -2.55. The van der Waals surface area contributed by atoms with Crippen LogP contribution in [0.15, 0.2) is 60.8 Å². The third kappa shape index (κ3) is 2.97. The molecule has 0 unspecified atom stereocenters. The molecule has 3 rings (SSSR count). The van der Waals surface area contributed by atoms with Crippen molar-refractivity contribution in [3.63, 3.8) is 0 Å². The molecule has 0 bridgehead atoms. The zero-order chi connectivity index (χ0) is 14.7. The molecule has 1 N–H and O–H groups in total. The summed E-state index contributed by atoms with van der Waals surface area (Å²) in [5.41, 5.74) is 3.06. The van der Waals surface area contributed by atoms with Crippen LogP contribution in [0.1, 0.15) is 15.9 Å². The van der Waals surface area contributed by atoms with E-state index in [4.69, 9.17) is 0 Å². The number of aromatic nitrogens is 1. The lowest BCUT2D eigenvalue weighted by atomic mass is 10.1. The number of benzene rings is 2. The molecule has 0 aliphatic carbocycles. The highest BCUT2D eigenvalue weighted by molar-refractivity contribution is 5.94. The topological polar surface area (TPSA) is 34.0 Å². The van der Waals surface area contributed by atoms with Crippen LogP contribution < -0.4 is 5.32 Å². The van der Waals surface area contributed by atoms with Gasteiger partial charge in [-0.15, -0.1) is 0 Å². The summed E-state index contributed by atoms with van der Waals surface area (Å²) < 4.78 is 2.16. The van der Waals surface area contributed by atoms with E-state index < -0.39 is 0 Å². The molecule has 0 atom stereocenters. The van der Waals surface area contributed by atoms with Gasteiger partial charge >= 0.3 is 0 Å². The summed E-state index contributed by atoms with van der Waals surface area (Å²) >= 11 is 0. The van der Waals surface area contributed by atoms with Crippen molar-refractivity contribution in [2.75, 3.05) is 6.54 Å². The smallest absolute Gasteiger partial charge is 0.251 e. The Morgan fingerprint density at radius 1 is 1.05 bits per heavy atom. The fraction of sp³-hybridized carbons (Fsp3) is 0.167. The maximum atomic E-state index is 12.0. The summed E-state index contributed by atoms with van der Waals surface area (Å²) in [6, 6.07) is 18.0. The normalized spacial score (nSPS) is 10.7. The number of carbonyl (C=O) groups is 1. The molecule has 1 aromatic heterocycles. The molecule has 2 aromatic carbocycles. The number of amides is 1. The minimum absolute atomic E-state index is 0.0218. The maximum Gasteiger partial charge on any atom is 0.251 e. The van der Waals surface area contributed by atoms with Gasteiger partial charge in [0, 0.05) is 30.4 Å². The first-order valence-corrected chi connectivity index (χ1v) is 7.13. The Labute approximate surface area is 124 Å². The summed E-state index contributed by atoms with van der Waals surface area (Å²) in [6.45, 7) is 3.40. The van der Waals surface area contributed by atoms with Gasteiger partial charge in [-0.05, 0) is 36.6 Å². The molecule has 0 saturated heterocycles. The molecular weight excluding hydrogens is 260 g/mol. The van der Waals surface area contributed by atoms with Gasteiger partial charge in [0.15, 0.2) is 0 Å². The van der Waals surface area contributed by atoms with Gasteiger partial charge in [0.1, 0.15) is 0 Å². The van der Waals surface area contributed by atoms with E-state index in [1.807, 2.05) is 43.3 Å². The molecule has 0 spiro atoms. The minimum atomic E-state index is -0.0218. The average molecular weight is 278 g/mol. The van der Waals surface area contributed by atoms with Crippen LogP contribution >= 0.6 is 0 Å². The molecule has 21 heavy (non-hydrogen) atoms. The van der Waals surface area contributed by atoms with E-state index in [2.05, 4.69) is 34.3 Å². The molecule has 3 aromatic rings. The van der Waals surface area contributed by atoms with Crippen molar-refractivity contribution in [3.8, 4) is 0 Å². The molecule has 3 heteroatoms. The number of aryl methyl sites for hydroxylation is 1. The second-order valence-corrected chi connectivity index (χ2v) is 5.19. The van der Waals surface area contributed by atoms with E-state index >= 15 is 0 Å². The Morgan fingerprint density at radius 2 is 1.81 bits per heavy atom. The predicted octanol–water partition coefficient (Wildman–Crippen LogP) is 3.38. The van der Waals surface area contributed by atoms with Crippen LogP contribution in [0.25, 0.3) is 10.9 Å². The van der Waals surface area contributed by atoms with Crippen LogP contribution in [0.5, 0.6) is 0 Å². The summed E-state index contributed by atoms with van der Waals surface area (Å²) in [5, 5.41) is 4.19. The van der Waals surface area contributed by atoms with Crippen LogP contribution in [0.2, 0.25) is 0 Å². The van der Waals surface area contributed by atoms with Crippen LogP contribution in [0.3, 0.4) is 0 Å². The number of para-hydroxylation sites is 1. The van der Waals surface area contributed by atoms with Gasteiger partial charge in [-0.1, -0.05) is 35.9 Å². The van der Waals surface area contributed by atoms with E-state index in [9.17, 15) is 4.79 Å². The largest absolute Gasteiger partial charge is 0.350 e. The van der Waals surface area contributed by atoms with E-state index in [0.717, 1.165) is 12.1 Å². The lowest BCUT2D eigenvalue weighted by molar-refractivity contribution is 0.0952. The van der Waals surface area contributed by atoms with E-state index in [-0.39, 0.29) is 5.91 Å². The molecule has 1 heterocycles. The molecule has 3 nitrogen and oxygen atoms in total. The number of carbonyl (C=O) groups excluding carboxylic acids is 1. The first-order valence-electron chi connectivity index (χ1n) is 7.13. The van der Waals surface area contributed by atoms with Crippen molar-refractivity contribution in [2.24, 2.45) is 0 Å². The van der Waals surface area contributed by atoms with Gasteiger partial charge in [-0.2, -0.15) is 0 Å². The quantitative estimate of drug-likeness (QED) is 0.780. The highest BCUT2D eigenvalue weighted by atomic mass is 16.1. The molecule has 0 fully saturated rings. The molecular formula is C18H18N2O. The summed E-state index contributed by atoms with van der Waals surface area (Å²) in [6.07, 6.45) is 2.06. The number of rotatable bonds is 4. The van der Waals surface area contributed by atoms with Crippen LogP contribution in [0.4, 0.5) is 0 Å². The molecule has 0 aliphatic rings. The van der Waals surface area contributed by atoms with Gasteiger partial charge in [0.05, 0.1) is 0 Å². The van der Waals surface area contributed by atoms with Crippen LogP contribution in [0, 0.1) is 6.92 Å². The zero-order valence-electron chi connectivity index (χ0n) is 12.0.